The van der Waals surface area contributed by atoms with Crippen LogP contribution in [0.1, 0.15) is 22.6 Å². The summed E-state index contributed by atoms with van der Waals surface area (Å²) in [5, 5.41) is 10.5. The molecule has 5 heteroatoms. The van der Waals surface area contributed by atoms with E-state index < -0.39 is 0 Å². The van der Waals surface area contributed by atoms with Crippen LogP contribution in [0.5, 0.6) is 5.75 Å². The van der Waals surface area contributed by atoms with E-state index in [0.29, 0.717) is 11.4 Å². The lowest BCUT2D eigenvalue weighted by Crippen LogP contribution is -2.56. The first-order chi connectivity index (χ1) is 12.0. The van der Waals surface area contributed by atoms with Crippen molar-refractivity contribution in [1.29, 1.82) is 0 Å². The van der Waals surface area contributed by atoms with E-state index in [1.165, 1.54) is 5.56 Å². The monoisotopic (exact) mass is 356 g/mol. The zero-order valence-electron chi connectivity index (χ0n) is 14.2. The highest BCUT2D eigenvalue weighted by Gasteiger charge is 2.38. The number of phenols is 1. The van der Waals surface area contributed by atoms with Crippen molar-refractivity contribution in [3.05, 3.63) is 64.2 Å². The predicted molar refractivity (Wildman–Crippen MR) is 98.1 cm³/mol. The van der Waals surface area contributed by atoms with Gasteiger partial charge in [-0.25, -0.2) is 0 Å². The molecule has 2 aliphatic rings. The van der Waals surface area contributed by atoms with E-state index in [1.807, 2.05) is 36.2 Å². The topological polar surface area (TPSA) is 43.8 Å². The predicted octanol–water partition coefficient (Wildman–Crippen LogP) is 2.88. The number of hydrogen-bond donors (Lipinski definition) is 1. The van der Waals surface area contributed by atoms with Gasteiger partial charge in [-0.2, -0.15) is 0 Å². The van der Waals surface area contributed by atoms with Gasteiger partial charge in [0, 0.05) is 32.6 Å². The number of nitrogens with zero attached hydrogens (tertiary/aromatic N) is 2. The van der Waals surface area contributed by atoms with E-state index in [4.69, 9.17) is 11.6 Å². The highest BCUT2D eigenvalue weighted by atomic mass is 35.5. The zero-order valence-corrected chi connectivity index (χ0v) is 14.9. The first-order valence-electron chi connectivity index (χ1n) is 8.60. The minimum absolute atomic E-state index is 0.102. The Morgan fingerprint density at radius 1 is 1.16 bits per heavy atom. The van der Waals surface area contributed by atoms with E-state index in [-0.39, 0.29) is 23.6 Å². The molecule has 2 aliphatic heterocycles. The van der Waals surface area contributed by atoms with Crippen molar-refractivity contribution >= 4 is 17.5 Å². The first kappa shape index (κ1) is 16.4. The standard InChI is InChI=1S/C20H21ClN2O2/c1-22-7-8-23-12-16(13-5-3-2-4-6-13)15-11-19(24)17(21)9-14(15)10-18(23)20(22)25/h2-6,9,11,16,18,24H,7-8,10,12H2,1H3. The van der Waals surface area contributed by atoms with Crippen molar-refractivity contribution in [3.63, 3.8) is 0 Å². The van der Waals surface area contributed by atoms with Crippen molar-refractivity contribution in [2.24, 2.45) is 0 Å². The lowest BCUT2D eigenvalue weighted by Gasteiger charge is -2.39. The van der Waals surface area contributed by atoms with Crippen LogP contribution in [0.25, 0.3) is 0 Å². The van der Waals surface area contributed by atoms with E-state index in [1.54, 1.807) is 6.07 Å². The van der Waals surface area contributed by atoms with Crippen molar-refractivity contribution in [2.75, 3.05) is 26.7 Å². The second-order valence-electron chi connectivity index (χ2n) is 6.94. The summed E-state index contributed by atoms with van der Waals surface area (Å²) in [6.07, 6.45) is 0.627. The van der Waals surface area contributed by atoms with Crippen molar-refractivity contribution in [2.45, 2.75) is 18.4 Å². The third kappa shape index (κ3) is 2.90. The molecule has 2 atom stereocenters. The van der Waals surface area contributed by atoms with Crippen LogP contribution in [0.3, 0.4) is 0 Å². The quantitative estimate of drug-likeness (QED) is 0.854. The number of phenolic OH excluding ortho intramolecular Hbond substituents is 1. The fraction of sp³-hybridized carbons (Fsp3) is 0.350. The molecule has 1 amide bonds. The summed E-state index contributed by atoms with van der Waals surface area (Å²) in [5.74, 6) is 0.375. The average molecular weight is 357 g/mol. The zero-order chi connectivity index (χ0) is 17.6. The van der Waals surface area contributed by atoms with Crippen LogP contribution in [0, 0.1) is 0 Å². The molecule has 0 saturated carbocycles. The number of carbonyl (C=O) groups is 1. The molecule has 1 saturated heterocycles. The van der Waals surface area contributed by atoms with Crippen LogP contribution in [0.15, 0.2) is 42.5 Å². The van der Waals surface area contributed by atoms with Crippen molar-refractivity contribution < 1.29 is 9.90 Å². The summed E-state index contributed by atoms with van der Waals surface area (Å²) in [4.78, 5) is 16.8. The number of likely N-dealkylation sites (N-methyl/N-ethyl adjacent to an activating group) is 1. The molecule has 0 aromatic heterocycles. The number of aromatic hydroxyl groups is 1. The molecule has 2 heterocycles. The number of amides is 1. The van der Waals surface area contributed by atoms with Gasteiger partial charge in [0.2, 0.25) is 5.91 Å². The Bertz CT molecular complexity index is 809. The number of benzene rings is 2. The Labute approximate surface area is 152 Å². The van der Waals surface area contributed by atoms with E-state index in [0.717, 1.165) is 30.8 Å². The maximum Gasteiger partial charge on any atom is 0.240 e. The Morgan fingerprint density at radius 3 is 2.68 bits per heavy atom. The third-order valence-corrected chi connectivity index (χ3v) is 5.74. The number of piperazine rings is 1. The van der Waals surface area contributed by atoms with Gasteiger partial charge in [-0.05, 0) is 35.2 Å². The van der Waals surface area contributed by atoms with Gasteiger partial charge in [0.1, 0.15) is 5.75 Å². The summed E-state index contributed by atoms with van der Waals surface area (Å²) in [6.45, 7) is 2.38. The summed E-state index contributed by atoms with van der Waals surface area (Å²) < 4.78 is 0. The Hall–Kier alpha value is -2.04. The molecule has 4 rings (SSSR count). The van der Waals surface area contributed by atoms with Crippen LogP contribution in [-0.4, -0.2) is 53.5 Å². The smallest absolute Gasteiger partial charge is 0.240 e. The second-order valence-corrected chi connectivity index (χ2v) is 7.35. The van der Waals surface area contributed by atoms with Crippen LogP contribution in [-0.2, 0) is 11.2 Å². The van der Waals surface area contributed by atoms with Crippen molar-refractivity contribution in [3.8, 4) is 5.75 Å². The van der Waals surface area contributed by atoms with E-state index >= 15 is 0 Å². The van der Waals surface area contributed by atoms with E-state index in [9.17, 15) is 9.90 Å². The van der Waals surface area contributed by atoms with Gasteiger partial charge in [0.25, 0.3) is 0 Å². The largest absolute Gasteiger partial charge is 0.506 e. The number of hydrogen-bond acceptors (Lipinski definition) is 3. The van der Waals surface area contributed by atoms with Crippen LogP contribution < -0.4 is 0 Å². The number of fused-ring (bicyclic) bond motifs is 2. The fourth-order valence-corrected chi connectivity index (χ4v) is 4.21. The molecule has 25 heavy (non-hydrogen) atoms. The fourth-order valence-electron chi connectivity index (χ4n) is 4.02. The highest BCUT2D eigenvalue weighted by molar-refractivity contribution is 6.32. The Balaban J connectivity index is 1.84. The number of carbonyl (C=O) groups excluding carboxylic acids is 1. The van der Waals surface area contributed by atoms with Crippen LogP contribution in [0.2, 0.25) is 5.02 Å². The normalized spacial score (nSPS) is 23.8. The maximum absolute atomic E-state index is 12.7. The SMILES string of the molecule is CN1CCN2CC(c3ccccc3)c3cc(O)c(Cl)cc3CC2C1=O. The summed E-state index contributed by atoms with van der Waals surface area (Å²) >= 11 is 6.17. The van der Waals surface area contributed by atoms with E-state index in [2.05, 4.69) is 17.0 Å². The molecular formula is C20H21ClN2O2. The lowest BCUT2D eigenvalue weighted by atomic mass is 9.87. The number of halogens is 1. The molecular weight excluding hydrogens is 336 g/mol. The summed E-state index contributed by atoms with van der Waals surface area (Å²) in [6, 6.07) is 13.7. The van der Waals surface area contributed by atoms with Gasteiger partial charge >= 0.3 is 0 Å². The second kappa shape index (κ2) is 6.36. The Kier molecular flexibility index (Phi) is 4.18. The van der Waals surface area contributed by atoms with Gasteiger partial charge in [0.05, 0.1) is 11.1 Å². The van der Waals surface area contributed by atoms with Crippen LogP contribution in [0.4, 0.5) is 0 Å². The highest BCUT2D eigenvalue weighted by Crippen LogP contribution is 2.38. The minimum Gasteiger partial charge on any atom is -0.506 e. The van der Waals surface area contributed by atoms with Gasteiger partial charge in [0.15, 0.2) is 0 Å². The molecule has 2 unspecified atom stereocenters. The van der Waals surface area contributed by atoms with Gasteiger partial charge in [-0.3, -0.25) is 9.69 Å². The molecule has 0 spiro atoms. The van der Waals surface area contributed by atoms with Gasteiger partial charge in [-0.1, -0.05) is 41.9 Å². The maximum atomic E-state index is 12.7. The molecule has 2 aromatic rings. The number of rotatable bonds is 1. The lowest BCUT2D eigenvalue weighted by molar-refractivity contribution is -0.140. The molecule has 0 radical (unpaired) electrons. The third-order valence-electron chi connectivity index (χ3n) is 5.44. The van der Waals surface area contributed by atoms with Crippen molar-refractivity contribution in [1.82, 2.24) is 9.80 Å². The average Bonchev–Trinajstić information content (AvgIpc) is 2.77. The minimum atomic E-state index is -0.160. The molecule has 130 valence electrons. The first-order valence-corrected chi connectivity index (χ1v) is 8.97. The van der Waals surface area contributed by atoms with Crippen LogP contribution >= 0.6 is 11.6 Å². The molecule has 2 aromatic carbocycles. The van der Waals surface area contributed by atoms with Gasteiger partial charge in [-0.15, -0.1) is 0 Å². The summed E-state index contributed by atoms with van der Waals surface area (Å²) in [5.41, 5.74) is 3.31. The molecule has 1 fully saturated rings. The molecule has 1 N–H and O–H groups in total. The van der Waals surface area contributed by atoms with Gasteiger partial charge < -0.3 is 10.0 Å². The molecule has 4 nitrogen and oxygen atoms in total. The summed E-state index contributed by atoms with van der Waals surface area (Å²) in [7, 11) is 1.87. The Morgan fingerprint density at radius 2 is 1.92 bits per heavy atom. The molecule has 0 aliphatic carbocycles. The molecule has 0 bridgehead atoms.